The van der Waals surface area contributed by atoms with Gasteiger partial charge in [-0.25, -0.2) is 12.7 Å². The maximum Gasteiger partial charge on any atom is 0.242 e. The minimum atomic E-state index is -3.56. The Morgan fingerprint density at radius 3 is 2.15 bits per heavy atom. The summed E-state index contributed by atoms with van der Waals surface area (Å²) in [5, 5.41) is 2.80. The summed E-state index contributed by atoms with van der Waals surface area (Å²) < 4.78 is 26.0. The van der Waals surface area contributed by atoms with Crippen LogP contribution in [-0.4, -0.2) is 38.5 Å². The summed E-state index contributed by atoms with van der Waals surface area (Å²) in [6.07, 6.45) is 0. The summed E-state index contributed by atoms with van der Waals surface area (Å²) in [5.74, 6) is 0.0883. The van der Waals surface area contributed by atoms with Gasteiger partial charge in [0, 0.05) is 24.7 Å². The third-order valence-corrected chi connectivity index (χ3v) is 7.48. The highest BCUT2D eigenvalue weighted by Crippen LogP contribution is 2.28. The predicted molar refractivity (Wildman–Crippen MR) is 112 cm³/mol. The lowest BCUT2D eigenvalue weighted by molar-refractivity contribution is -0.113. The first kappa shape index (κ1) is 21.5. The van der Waals surface area contributed by atoms with Gasteiger partial charge in [-0.05, 0) is 56.5 Å². The topological polar surface area (TPSA) is 66.5 Å². The van der Waals surface area contributed by atoms with E-state index in [0.29, 0.717) is 11.3 Å². The van der Waals surface area contributed by atoms with Gasteiger partial charge in [-0.3, -0.25) is 4.79 Å². The van der Waals surface area contributed by atoms with Crippen LogP contribution >= 0.6 is 11.8 Å². The van der Waals surface area contributed by atoms with Crippen molar-refractivity contribution in [2.75, 3.05) is 25.2 Å². The molecule has 0 spiro atoms. The Kier molecular flexibility index (Phi) is 6.72. The van der Waals surface area contributed by atoms with Crippen LogP contribution in [0.2, 0.25) is 0 Å². The lowest BCUT2D eigenvalue weighted by Gasteiger charge is -2.15. The molecule has 1 amide bonds. The maximum absolute atomic E-state index is 12.4. The van der Waals surface area contributed by atoms with Crippen molar-refractivity contribution < 1.29 is 13.2 Å². The number of carbonyl (C=O) groups is 1. The SMILES string of the molecule is Cc1cc(C)c(SCC(=O)Nc2ccc(C)c(S(=O)(=O)N(C)C)c2)c(C)c1. The first-order valence-electron chi connectivity index (χ1n) is 8.56. The maximum atomic E-state index is 12.4. The summed E-state index contributed by atoms with van der Waals surface area (Å²) in [7, 11) is -0.582. The first-order chi connectivity index (χ1) is 12.5. The molecule has 0 bridgehead atoms. The number of nitrogens with zero attached hydrogens (tertiary/aromatic N) is 1. The van der Waals surface area contributed by atoms with Crippen LogP contribution in [0.3, 0.4) is 0 Å². The number of amides is 1. The van der Waals surface area contributed by atoms with Gasteiger partial charge in [-0.2, -0.15) is 0 Å². The highest BCUT2D eigenvalue weighted by atomic mass is 32.2. The monoisotopic (exact) mass is 406 g/mol. The van der Waals surface area contributed by atoms with Crippen LogP contribution in [-0.2, 0) is 14.8 Å². The Hall–Kier alpha value is -1.83. The molecule has 27 heavy (non-hydrogen) atoms. The molecule has 1 N–H and O–H groups in total. The summed E-state index contributed by atoms with van der Waals surface area (Å²) in [6.45, 7) is 7.87. The smallest absolute Gasteiger partial charge is 0.242 e. The molecule has 146 valence electrons. The van der Waals surface area contributed by atoms with Crippen molar-refractivity contribution in [3.05, 3.63) is 52.6 Å². The van der Waals surface area contributed by atoms with Gasteiger partial charge in [-0.1, -0.05) is 23.8 Å². The van der Waals surface area contributed by atoms with Crippen LogP contribution in [0.15, 0.2) is 40.1 Å². The van der Waals surface area contributed by atoms with Gasteiger partial charge in [-0.15, -0.1) is 11.8 Å². The normalized spacial score (nSPS) is 11.7. The van der Waals surface area contributed by atoms with Crippen LogP contribution in [0.1, 0.15) is 22.3 Å². The Labute approximate surface area is 166 Å². The van der Waals surface area contributed by atoms with E-state index in [1.54, 1.807) is 19.1 Å². The second kappa shape index (κ2) is 8.46. The number of hydrogen-bond acceptors (Lipinski definition) is 4. The van der Waals surface area contributed by atoms with Crippen molar-refractivity contribution in [3.8, 4) is 0 Å². The average Bonchev–Trinajstić information content (AvgIpc) is 2.55. The number of anilines is 1. The fourth-order valence-corrected chi connectivity index (χ4v) is 4.95. The van der Waals surface area contributed by atoms with Crippen LogP contribution in [0.25, 0.3) is 0 Å². The summed E-state index contributed by atoms with van der Waals surface area (Å²) in [4.78, 5) is 13.7. The van der Waals surface area contributed by atoms with Gasteiger partial charge in [0.2, 0.25) is 15.9 Å². The van der Waals surface area contributed by atoms with Crippen LogP contribution in [0, 0.1) is 27.7 Å². The third kappa shape index (κ3) is 5.12. The molecule has 2 rings (SSSR count). The van der Waals surface area contributed by atoms with Gasteiger partial charge < -0.3 is 5.32 Å². The number of thioether (sulfide) groups is 1. The van der Waals surface area contributed by atoms with Gasteiger partial charge in [0.15, 0.2) is 0 Å². The van der Waals surface area contributed by atoms with Crippen molar-refractivity contribution in [1.82, 2.24) is 4.31 Å². The van der Waals surface area contributed by atoms with E-state index in [1.807, 2.05) is 13.8 Å². The molecule has 7 heteroatoms. The second-order valence-corrected chi connectivity index (χ2v) is 9.94. The molecular formula is C20H26N2O3S2. The van der Waals surface area contributed by atoms with E-state index in [-0.39, 0.29) is 16.6 Å². The molecule has 0 aliphatic rings. The molecular weight excluding hydrogens is 380 g/mol. The molecule has 0 radical (unpaired) electrons. The molecule has 0 saturated heterocycles. The van der Waals surface area contributed by atoms with Gasteiger partial charge in [0.1, 0.15) is 0 Å². The van der Waals surface area contributed by atoms with Crippen LogP contribution in [0.5, 0.6) is 0 Å². The lowest BCUT2D eigenvalue weighted by atomic mass is 10.1. The summed E-state index contributed by atoms with van der Waals surface area (Å²) in [5.41, 5.74) is 4.62. The molecule has 2 aromatic carbocycles. The van der Waals surface area contributed by atoms with Crippen molar-refractivity contribution in [1.29, 1.82) is 0 Å². The Morgan fingerprint density at radius 1 is 1.00 bits per heavy atom. The quantitative estimate of drug-likeness (QED) is 0.739. The number of nitrogens with one attached hydrogen (secondary N) is 1. The Balaban J connectivity index is 2.13. The minimum Gasteiger partial charge on any atom is -0.325 e. The highest BCUT2D eigenvalue weighted by Gasteiger charge is 2.20. The molecule has 0 aromatic heterocycles. The largest absolute Gasteiger partial charge is 0.325 e. The molecule has 0 fully saturated rings. The minimum absolute atomic E-state index is 0.170. The van der Waals surface area contributed by atoms with E-state index in [9.17, 15) is 13.2 Å². The fourth-order valence-electron chi connectivity index (χ4n) is 2.88. The summed E-state index contributed by atoms with van der Waals surface area (Å²) >= 11 is 1.49. The van der Waals surface area contributed by atoms with Crippen molar-refractivity contribution >= 4 is 33.4 Å². The number of hydrogen-bond donors (Lipinski definition) is 1. The van der Waals surface area contributed by atoms with Crippen molar-refractivity contribution in [2.24, 2.45) is 0 Å². The van der Waals surface area contributed by atoms with Crippen molar-refractivity contribution in [2.45, 2.75) is 37.5 Å². The molecule has 0 unspecified atom stereocenters. The third-order valence-electron chi connectivity index (χ3n) is 4.18. The van der Waals surface area contributed by atoms with E-state index in [4.69, 9.17) is 0 Å². The van der Waals surface area contributed by atoms with E-state index in [0.717, 1.165) is 16.0 Å². The zero-order chi connectivity index (χ0) is 20.4. The zero-order valence-electron chi connectivity index (χ0n) is 16.6. The second-order valence-electron chi connectivity index (χ2n) is 6.83. The molecule has 5 nitrogen and oxygen atoms in total. The number of rotatable bonds is 6. The van der Waals surface area contributed by atoms with Gasteiger partial charge >= 0.3 is 0 Å². The molecule has 0 aliphatic carbocycles. The molecule has 2 aromatic rings. The number of benzene rings is 2. The van der Waals surface area contributed by atoms with E-state index in [1.165, 1.54) is 41.8 Å². The highest BCUT2D eigenvalue weighted by molar-refractivity contribution is 8.00. The van der Waals surface area contributed by atoms with E-state index >= 15 is 0 Å². The van der Waals surface area contributed by atoms with Gasteiger partial charge in [0.05, 0.1) is 10.6 Å². The van der Waals surface area contributed by atoms with Crippen LogP contribution in [0.4, 0.5) is 5.69 Å². The Bertz CT molecular complexity index is 944. The number of carbonyl (C=O) groups excluding carboxylic acids is 1. The molecule has 0 aliphatic heterocycles. The lowest BCUT2D eigenvalue weighted by Crippen LogP contribution is -2.23. The molecule has 0 atom stereocenters. The molecule has 0 heterocycles. The standard InChI is InChI=1S/C20H26N2O3S2/c1-13-9-15(3)20(16(4)10-13)26-12-19(23)21-17-8-7-14(2)18(11-17)27(24,25)22(5)6/h7-11H,12H2,1-6H3,(H,21,23). The van der Waals surface area contributed by atoms with E-state index < -0.39 is 10.0 Å². The predicted octanol–water partition coefficient (Wildman–Crippen LogP) is 3.90. The van der Waals surface area contributed by atoms with Crippen molar-refractivity contribution in [3.63, 3.8) is 0 Å². The number of sulfonamides is 1. The zero-order valence-corrected chi connectivity index (χ0v) is 18.2. The first-order valence-corrected chi connectivity index (χ1v) is 11.0. The molecule has 0 saturated carbocycles. The van der Waals surface area contributed by atoms with Gasteiger partial charge in [0.25, 0.3) is 0 Å². The Morgan fingerprint density at radius 2 is 1.59 bits per heavy atom. The van der Waals surface area contributed by atoms with E-state index in [2.05, 4.69) is 24.4 Å². The number of aryl methyl sites for hydroxylation is 4. The summed E-state index contributed by atoms with van der Waals surface area (Å²) in [6, 6.07) is 9.13. The fraction of sp³-hybridized carbons (Fsp3) is 0.350. The average molecular weight is 407 g/mol. The van der Waals surface area contributed by atoms with Crippen LogP contribution < -0.4 is 5.32 Å².